The van der Waals surface area contributed by atoms with Gasteiger partial charge in [0, 0.05) is 24.7 Å². The molecule has 3 fully saturated rings. The summed E-state index contributed by atoms with van der Waals surface area (Å²) in [6, 6.07) is 8.83. The second-order valence-corrected chi connectivity index (χ2v) is 16.2. The van der Waals surface area contributed by atoms with E-state index < -0.39 is 59.8 Å². The SMILES string of the molecule is O=C(O)N(CC(O)COc1cccc(S(=O)(=O)C2CC2)c1)C1COC2(CCN(S(=O)(=O)c3c[nH]c4cc(F)ccc4c3=O)CC2)C1. The van der Waals surface area contributed by atoms with Crippen molar-refractivity contribution in [3.05, 3.63) is 64.7 Å². The van der Waals surface area contributed by atoms with Gasteiger partial charge in [0.2, 0.25) is 15.5 Å². The van der Waals surface area contributed by atoms with Gasteiger partial charge in [-0.2, -0.15) is 4.31 Å². The zero-order chi connectivity index (χ0) is 32.9. The Kier molecular flexibility index (Phi) is 8.60. The van der Waals surface area contributed by atoms with Crippen molar-refractivity contribution in [2.45, 2.75) is 64.9 Å². The molecule has 13 nitrogen and oxygen atoms in total. The number of amides is 1. The van der Waals surface area contributed by atoms with Crippen LogP contribution in [-0.2, 0) is 24.6 Å². The number of aliphatic hydroxyl groups is 1. The summed E-state index contributed by atoms with van der Waals surface area (Å²) >= 11 is 0. The molecule has 1 saturated carbocycles. The van der Waals surface area contributed by atoms with Crippen LogP contribution in [0.5, 0.6) is 5.75 Å². The molecule has 46 heavy (non-hydrogen) atoms. The number of aliphatic hydroxyl groups excluding tert-OH is 1. The minimum Gasteiger partial charge on any atom is -0.491 e. The third kappa shape index (κ3) is 6.36. The van der Waals surface area contributed by atoms with Gasteiger partial charge in [0.05, 0.1) is 40.5 Å². The fraction of sp³-hybridized carbons (Fsp3) is 0.467. The standard InChI is InChI=1S/C30H34FN3O10S2/c31-19-4-7-25-26(12-19)32-15-27(28(25)36)46(41,42)33-10-8-30(9-11-33)14-20(17-44-30)34(29(37)38)16-21(35)18-43-22-2-1-3-24(13-22)45(39,40)23-5-6-23/h1-4,7,12-13,15,20-21,23,35H,5-6,8-11,14,16-18H2,(H,32,36)(H,37,38). The predicted octanol–water partition coefficient (Wildman–Crippen LogP) is 2.34. The lowest BCUT2D eigenvalue weighted by Crippen LogP contribution is -2.49. The van der Waals surface area contributed by atoms with Gasteiger partial charge >= 0.3 is 6.09 Å². The summed E-state index contributed by atoms with van der Waals surface area (Å²) in [5.41, 5.74) is -1.34. The van der Waals surface area contributed by atoms with Crippen molar-refractivity contribution in [2.75, 3.05) is 32.8 Å². The molecule has 2 unspecified atom stereocenters. The maximum atomic E-state index is 13.6. The second-order valence-electron chi connectivity index (χ2n) is 12.0. The Morgan fingerprint density at radius 1 is 1.15 bits per heavy atom. The molecular weight excluding hydrogens is 645 g/mol. The van der Waals surface area contributed by atoms with Crippen molar-refractivity contribution in [1.82, 2.24) is 14.2 Å². The number of nitrogens with zero attached hydrogens (tertiary/aromatic N) is 2. The smallest absolute Gasteiger partial charge is 0.407 e. The number of ether oxygens (including phenoxy) is 2. The number of nitrogens with one attached hydrogen (secondary N) is 1. The Hall–Kier alpha value is -3.57. The summed E-state index contributed by atoms with van der Waals surface area (Å²) < 4.78 is 78.3. The molecule has 1 amide bonds. The zero-order valence-corrected chi connectivity index (χ0v) is 26.3. The molecule has 0 bridgehead atoms. The molecule has 3 N–H and O–H groups in total. The Morgan fingerprint density at radius 2 is 1.89 bits per heavy atom. The first-order valence-electron chi connectivity index (χ1n) is 14.9. The summed E-state index contributed by atoms with van der Waals surface area (Å²) in [6.45, 7) is -0.432. The quantitative estimate of drug-likeness (QED) is 0.288. The maximum absolute atomic E-state index is 13.6. The number of sulfonamides is 1. The van der Waals surface area contributed by atoms with E-state index in [1.165, 1.54) is 22.5 Å². The van der Waals surface area contributed by atoms with Crippen LogP contribution in [0.3, 0.4) is 0 Å². The number of carbonyl (C=O) groups is 1. The van der Waals surface area contributed by atoms with Gasteiger partial charge in [-0.15, -0.1) is 0 Å². The maximum Gasteiger partial charge on any atom is 0.407 e. The highest BCUT2D eigenvalue weighted by atomic mass is 32.2. The lowest BCUT2D eigenvalue weighted by Gasteiger charge is -2.38. The molecule has 2 aromatic carbocycles. The number of halogens is 1. The zero-order valence-electron chi connectivity index (χ0n) is 24.7. The van der Waals surface area contributed by atoms with Gasteiger partial charge in [0.1, 0.15) is 29.2 Å². The summed E-state index contributed by atoms with van der Waals surface area (Å²) in [7, 11) is -7.61. The molecule has 1 aliphatic carbocycles. The number of benzene rings is 2. The summed E-state index contributed by atoms with van der Waals surface area (Å²) in [5, 5.41) is 20.3. The molecule has 2 atom stereocenters. The number of H-pyrrole nitrogens is 1. The molecule has 2 aliphatic heterocycles. The predicted molar refractivity (Wildman–Crippen MR) is 162 cm³/mol. The van der Waals surface area contributed by atoms with Crippen LogP contribution in [0.15, 0.2) is 63.2 Å². The van der Waals surface area contributed by atoms with Crippen molar-refractivity contribution < 1.29 is 45.7 Å². The highest BCUT2D eigenvalue weighted by Gasteiger charge is 2.47. The number of pyridine rings is 1. The lowest BCUT2D eigenvalue weighted by atomic mass is 9.88. The number of aromatic amines is 1. The third-order valence-electron chi connectivity index (χ3n) is 8.88. The third-order valence-corrected chi connectivity index (χ3v) is 13.0. The normalized spacial score (nSPS) is 21.0. The van der Waals surface area contributed by atoms with E-state index in [-0.39, 0.29) is 78.9 Å². The van der Waals surface area contributed by atoms with Crippen LogP contribution in [-0.4, -0.2) is 103 Å². The van der Waals surface area contributed by atoms with Crippen molar-refractivity contribution in [3.63, 3.8) is 0 Å². The molecule has 1 spiro atoms. The number of hydrogen-bond acceptors (Lipinski definition) is 9. The van der Waals surface area contributed by atoms with Gasteiger partial charge in [-0.05, 0) is 68.5 Å². The highest BCUT2D eigenvalue weighted by Crippen LogP contribution is 2.39. The first-order valence-corrected chi connectivity index (χ1v) is 17.9. The molecule has 3 heterocycles. The average Bonchev–Trinajstić information content (AvgIpc) is 3.82. The van der Waals surface area contributed by atoms with Crippen molar-refractivity contribution in [3.8, 4) is 5.75 Å². The van der Waals surface area contributed by atoms with E-state index in [4.69, 9.17) is 9.47 Å². The number of aromatic nitrogens is 1. The minimum atomic E-state index is -4.19. The number of fused-ring (bicyclic) bond motifs is 1. The number of sulfone groups is 1. The van der Waals surface area contributed by atoms with Gasteiger partial charge < -0.3 is 29.6 Å². The summed E-state index contributed by atoms with van der Waals surface area (Å²) in [6.07, 6.45) is 0.631. The fourth-order valence-corrected chi connectivity index (χ4v) is 9.36. The highest BCUT2D eigenvalue weighted by molar-refractivity contribution is 7.92. The van der Waals surface area contributed by atoms with E-state index in [0.29, 0.717) is 12.8 Å². The molecule has 0 radical (unpaired) electrons. The molecular formula is C30H34FN3O10S2. The Morgan fingerprint density at radius 3 is 2.59 bits per heavy atom. The van der Waals surface area contributed by atoms with Gasteiger partial charge in [0.25, 0.3) is 0 Å². The lowest BCUT2D eigenvalue weighted by molar-refractivity contribution is -0.0319. The van der Waals surface area contributed by atoms with Crippen molar-refractivity contribution >= 4 is 36.9 Å². The Labute approximate surface area is 264 Å². The van der Waals surface area contributed by atoms with Crippen LogP contribution in [0.1, 0.15) is 32.1 Å². The largest absolute Gasteiger partial charge is 0.491 e. The van der Waals surface area contributed by atoms with Gasteiger partial charge in [-0.1, -0.05) is 6.07 Å². The number of piperidine rings is 1. The Balaban J connectivity index is 1.06. The number of rotatable bonds is 10. The molecule has 3 aromatic rings. The van der Waals surface area contributed by atoms with Crippen LogP contribution in [0.2, 0.25) is 0 Å². The van der Waals surface area contributed by atoms with Gasteiger partial charge in [-0.3, -0.25) is 4.79 Å². The van der Waals surface area contributed by atoms with Crippen LogP contribution < -0.4 is 10.2 Å². The van der Waals surface area contributed by atoms with E-state index in [9.17, 15) is 41.0 Å². The van der Waals surface area contributed by atoms with E-state index >= 15 is 0 Å². The minimum absolute atomic E-state index is 0.0367. The average molecular weight is 680 g/mol. The Bertz CT molecular complexity index is 1920. The van der Waals surface area contributed by atoms with Crippen LogP contribution in [0, 0.1) is 5.82 Å². The summed E-state index contributed by atoms with van der Waals surface area (Å²) in [4.78, 5) is 28.6. The molecule has 1 aromatic heterocycles. The molecule has 248 valence electrons. The van der Waals surface area contributed by atoms with Crippen molar-refractivity contribution in [1.29, 1.82) is 0 Å². The summed E-state index contributed by atoms with van der Waals surface area (Å²) in [5.74, 6) is -0.324. The van der Waals surface area contributed by atoms with Crippen molar-refractivity contribution in [2.24, 2.45) is 0 Å². The fourth-order valence-electron chi connectivity index (χ4n) is 6.18. The molecule has 2 saturated heterocycles. The number of carboxylic acid groups (broad SMARTS) is 1. The van der Waals surface area contributed by atoms with E-state index in [1.54, 1.807) is 12.1 Å². The van der Waals surface area contributed by atoms with E-state index in [0.717, 1.165) is 23.2 Å². The van der Waals surface area contributed by atoms with Crippen LogP contribution >= 0.6 is 0 Å². The van der Waals surface area contributed by atoms with Crippen LogP contribution in [0.4, 0.5) is 9.18 Å². The topological polar surface area (TPSA) is 184 Å². The molecule has 3 aliphatic rings. The van der Waals surface area contributed by atoms with E-state index in [1.807, 2.05) is 0 Å². The van der Waals surface area contributed by atoms with Crippen LogP contribution in [0.25, 0.3) is 10.9 Å². The molecule has 6 rings (SSSR count). The first-order chi connectivity index (χ1) is 21.8. The van der Waals surface area contributed by atoms with Gasteiger partial charge in [0.15, 0.2) is 9.84 Å². The van der Waals surface area contributed by atoms with Gasteiger partial charge in [-0.25, -0.2) is 26.0 Å². The van der Waals surface area contributed by atoms with E-state index in [2.05, 4.69) is 4.98 Å². The monoisotopic (exact) mass is 679 g/mol. The number of hydrogen-bond donors (Lipinski definition) is 3. The first kappa shape index (κ1) is 32.4. The molecule has 16 heteroatoms. The second kappa shape index (κ2) is 12.2.